The van der Waals surface area contributed by atoms with E-state index in [1.54, 1.807) is 12.1 Å². The highest BCUT2D eigenvalue weighted by Crippen LogP contribution is 2.39. The van der Waals surface area contributed by atoms with Crippen molar-refractivity contribution in [2.45, 2.75) is 37.5 Å². The molecule has 1 fully saturated rings. The summed E-state index contributed by atoms with van der Waals surface area (Å²) in [6.07, 6.45) is 7.38. The van der Waals surface area contributed by atoms with Gasteiger partial charge in [0, 0.05) is 12.5 Å². The topological polar surface area (TPSA) is 67.8 Å². The highest BCUT2D eigenvalue weighted by atomic mass is 32.2. The molecule has 136 valence electrons. The molecule has 1 N–H and O–H groups in total. The van der Waals surface area contributed by atoms with Gasteiger partial charge in [-0.15, -0.1) is 0 Å². The maximum absolute atomic E-state index is 12.1. The largest absolute Gasteiger partial charge is 0.462 e. The number of hydrogen-bond acceptors (Lipinski definition) is 5. The second-order valence-electron chi connectivity index (χ2n) is 7.19. The molecule has 1 aromatic rings. The number of carbonyl (C=O) groups excluding carboxylic acids is 2. The van der Waals surface area contributed by atoms with Gasteiger partial charge in [0.2, 0.25) is 0 Å². The van der Waals surface area contributed by atoms with Gasteiger partial charge >= 0.3 is 5.97 Å². The van der Waals surface area contributed by atoms with E-state index in [4.69, 9.17) is 4.74 Å². The van der Waals surface area contributed by atoms with E-state index in [1.807, 2.05) is 19.1 Å². The minimum atomic E-state index is -0.350. The van der Waals surface area contributed by atoms with E-state index in [9.17, 15) is 9.59 Å². The number of fused-ring (bicyclic) bond motifs is 2. The van der Waals surface area contributed by atoms with Gasteiger partial charge < -0.3 is 10.1 Å². The van der Waals surface area contributed by atoms with Gasteiger partial charge in [-0.1, -0.05) is 41.6 Å². The van der Waals surface area contributed by atoms with Gasteiger partial charge in [0.15, 0.2) is 5.17 Å². The van der Waals surface area contributed by atoms with Crippen LogP contribution < -0.4 is 5.32 Å². The second kappa shape index (κ2) is 7.27. The predicted molar refractivity (Wildman–Crippen MR) is 102 cm³/mol. The van der Waals surface area contributed by atoms with Crippen molar-refractivity contribution in [3.63, 3.8) is 0 Å². The van der Waals surface area contributed by atoms with Crippen LogP contribution in [0.5, 0.6) is 0 Å². The quantitative estimate of drug-likeness (QED) is 0.637. The Morgan fingerprint density at radius 2 is 2.23 bits per heavy atom. The average molecular weight is 370 g/mol. The number of hydrogen-bond donors (Lipinski definition) is 1. The van der Waals surface area contributed by atoms with Crippen LogP contribution in [0.4, 0.5) is 0 Å². The Labute approximate surface area is 157 Å². The number of rotatable bonds is 5. The Balaban J connectivity index is 1.23. The van der Waals surface area contributed by atoms with Crippen molar-refractivity contribution in [1.29, 1.82) is 0 Å². The Kier molecular flexibility index (Phi) is 4.85. The molecular weight excluding hydrogens is 348 g/mol. The van der Waals surface area contributed by atoms with Crippen LogP contribution >= 0.6 is 11.8 Å². The summed E-state index contributed by atoms with van der Waals surface area (Å²) in [5.74, 6) is 0.754. The molecule has 0 aromatic heterocycles. The van der Waals surface area contributed by atoms with E-state index < -0.39 is 0 Å². The summed E-state index contributed by atoms with van der Waals surface area (Å²) < 4.78 is 5.32. The second-order valence-corrected chi connectivity index (χ2v) is 8.38. The molecule has 0 saturated heterocycles. The third kappa shape index (κ3) is 3.70. The fourth-order valence-electron chi connectivity index (χ4n) is 3.85. The summed E-state index contributed by atoms with van der Waals surface area (Å²) in [6, 6.07) is 7.69. The van der Waals surface area contributed by atoms with Crippen LogP contribution in [0.2, 0.25) is 0 Å². The van der Waals surface area contributed by atoms with Crippen molar-refractivity contribution < 1.29 is 14.3 Å². The fraction of sp³-hybridized carbons (Fsp3) is 0.450. The van der Waals surface area contributed by atoms with Crippen molar-refractivity contribution in [3.8, 4) is 0 Å². The summed E-state index contributed by atoms with van der Waals surface area (Å²) in [6.45, 7) is 2.15. The van der Waals surface area contributed by atoms with Crippen LogP contribution in [0.15, 0.2) is 41.4 Å². The lowest BCUT2D eigenvalue weighted by atomic mass is 10.0. The molecule has 2 bridgehead atoms. The van der Waals surface area contributed by atoms with Crippen LogP contribution in [0.3, 0.4) is 0 Å². The summed E-state index contributed by atoms with van der Waals surface area (Å²) in [4.78, 5) is 28.3. The molecule has 6 heteroatoms. The van der Waals surface area contributed by atoms with E-state index in [-0.39, 0.29) is 23.7 Å². The van der Waals surface area contributed by atoms with Crippen LogP contribution in [0, 0.1) is 18.8 Å². The van der Waals surface area contributed by atoms with E-state index in [0.29, 0.717) is 29.9 Å². The number of nitrogens with zero attached hydrogens (tertiary/aromatic N) is 1. The molecule has 3 aliphatic rings. The number of amides is 1. The van der Waals surface area contributed by atoms with Crippen LogP contribution in [-0.4, -0.2) is 34.9 Å². The van der Waals surface area contributed by atoms with Crippen molar-refractivity contribution in [3.05, 3.63) is 47.5 Å². The summed E-state index contributed by atoms with van der Waals surface area (Å²) >= 11 is 1.46. The highest BCUT2D eigenvalue weighted by molar-refractivity contribution is 8.15. The number of benzene rings is 1. The SMILES string of the molecule is Cc1cccc(C(=O)OCCC2SC(NC3CC4C=CC3C4)=NC2=O)c1. The number of nitrogens with one attached hydrogen (secondary N) is 1. The first-order valence-corrected chi connectivity index (χ1v) is 9.94. The van der Waals surface area contributed by atoms with E-state index in [0.717, 1.165) is 17.2 Å². The number of allylic oxidation sites excluding steroid dienone is 1. The molecule has 1 heterocycles. The summed E-state index contributed by atoms with van der Waals surface area (Å²) in [7, 11) is 0. The molecule has 26 heavy (non-hydrogen) atoms. The minimum absolute atomic E-state index is 0.136. The van der Waals surface area contributed by atoms with Gasteiger partial charge in [0.25, 0.3) is 5.91 Å². The van der Waals surface area contributed by atoms with Gasteiger partial charge in [-0.3, -0.25) is 4.79 Å². The Morgan fingerprint density at radius 3 is 2.96 bits per heavy atom. The van der Waals surface area contributed by atoms with E-state index >= 15 is 0 Å². The van der Waals surface area contributed by atoms with Crippen LogP contribution in [0.25, 0.3) is 0 Å². The molecule has 0 radical (unpaired) electrons. The van der Waals surface area contributed by atoms with Gasteiger partial charge in [0.05, 0.1) is 17.4 Å². The Hall–Kier alpha value is -2.08. The van der Waals surface area contributed by atoms with Crippen molar-refractivity contribution in [2.24, 2.45) is 16.8 Å². The zero-order valence-corrected chi connectivity index (χ0v) is 15.5. The van der Waals surface area contributed by atoms with Crippen LogP contribution in [0.1, 0.15) is 35.2 Å². The third-order valence-electron chi connectivity index (χ3n) is 5.20. The van der Waals surface area contributed by atoms with Gasteiger partial charge in [0.1, 0.15) is 0 Å². The van der Waals surface area contributed by atoms with E-state index in [1.165, 1.54) is 18.2 Å². The van der Waals surface area contributed by atoms with Gasteiger partial charge in [-0.25, -0.2) is 4.79 Å². The Morgan fingerprint density at radius 1 is 1.35 bits per heavy atom. The number of amidine groups is 1. The first-order chi connectivity index (χ1) is 12.6. The molecular formula is C20H22N2O3S. The summed E-state index contributed by atoms with van der Waals surface area (Å²) in [5, 5.41) is 3.89. The number of aliphatic imine (C=N–C) groups is 1. The van der Waals surface area contributed by atoms with Crippen molar-refractivity contribution in [2.75, 3.05) is 6.61 Å². The number of aryl methyl sites for hydroxylation is 1. The first-order valence-electron chi connectivity index (χ1n) is 9.06. The molecule has 4 unspecified atom stereocenters. The molecule has 1 saturated carbocycles. The molecule has 4 atom stereocenters. The van der Waals surface area contributed by atoms with Crippen molar-refractivity contribution >= 4 is 28.8 Å². The maximum atomic E-state index is 12.1. The third-order valence-corrected chi connectivity index (χ3v) is 6.35. The smallest absolute Gasteiger partial charge is 0.338 e. The highest BCUT2D eigenvalue weighted by Gasteiger charge is 2.38. The standard InChI is InChI=1S/C20H22N2O3S/c1-12-3-2-4-15(9-12)19(24)25-8-7-17-18(23)22-20(26-17)21-16-11-13-5-6-14(16)10-13/h2-6,9,13-14,16-17H,7-8,10-11H2,1H3,(H,21,22,23). The molecule has 2 aliphatic carbocycles. The predicted octanol–water partition coefficient (Wildman–Crippen LogP) is 3.09. The molecule has 1 aromatic carbocycles. The minimum Gasteiger partial charge on any atom is -0.462 e. The number of esters is 1. The first kappa shape index (κ1) is 17.3. The van der Waals surface area contributed by atoms with Crippen molar-refractivity contribution in [1.82, 2.24) is 5.32 Å². The fourth-order valence-corrected chi connectivity index (χ4v) is 4.85. The lowest BCUT2D eigenvalue weighted by Gasteiger charge is -2.20. The average Bonchev–Trinajstić information content (AvgIpc) is 3.31. The van der Waals surface area contributed by atoms with E-state index in [2.05, 4.69) is 22.5 Å². The summed E-state index contributed by atoms with van der Waals surface area (Å²) in [5.41, 5.74) is 1.55. The zero-order chi connectivity index (χ0) is 18.1. The normalized spacial score (nSPS) is 29.1. The number of ether oxygens (including phenoxy) is 1. The lowest BCUT2D eigenvalue weighted by Crippen LogP contribution is -2.35. The molecule has 0 spiro atoms. The Bertz CT molecular complexity index is 789. The zero-order valence-electron chi connectivity index (χ0n) is 14.7. The number of carbonyl (C=O) groups is 2. The molecule has 1 amide bonds. The molecule has 5 nitrogen and oxygen atoms in total. The number of thioether (sulfide) groups is 1. The van der Waals surface area contributed by atoms with Gasteiger partial charge in [-0.2, -0.15) is 4.99 Å². The molecule has 4 rings (SSSR count). The lowest BCUT2D eigenvalue weighted by molar-refractivity contribution is -0.117. The maximum Gasteiger partial charge on any atom is 0.338 e. The van der Waals surface area contributed by atoms with Gasteiger partial charge in [-0.05, 0) is 43.7 Å². The molecule has 1 aliphatic heterocycles. The van der Waals surface area contributed by atoms with Crippen LogP contribution in [-0.2, 0) is 9.53 Å². The monoisotopic (exact) mass is 370 g/mol.